The molecule has 4 rings (SSSR count). The maximum atomic E-state index is 12.5. The molecule has 1 amide bonds. The van der Waals surface area contributed by atoms with Crippen LogP contribution in [0.5, 0.6) is 0 Å². The van der Waals surface area contributed by atoms with Crippen LogP contribution in [0.4, 0.5) is 13.2 Å². The predicted molar refractivity (Wildman–Crippen MR) is 109 cm³/mol. The van der Waals surface area contributed by atoms with Gasteiger partial charge in [0.2, 0.25) is 5.91 Å². The average molecular weight is 472 g/mol. The number of carboxylic acids is 1. The van der Waals surface area contributed by atoms with E-state index in [1.54, 1.807) is 17.5 Å². The molecule has 1 N–H and O–H groups in total. The van der Waals surface area contributed by atoms with Gasteiger partial charge in [-0.15, -0.1) is 11.3 Å². The van der Waals surface area contributed by atoms with Crippen molar-refractivity contribution in [1.82, 2.24) is 9.88 Å². The predicted octanol–water partition coefficient (Wildman–Crippen LogP) is 3.30. The molecule has 2 aromatic rings. The smallest absolute Gasteiger partial charge is 0.475 e. The largest absolute Gasteiger partial charge is 0.490 e. The minimum atomic E-state index is -5.08. The molecule has 2 aliphatic heterocycles. The minimum Gasteiger partial charge on any atom is -0.475 e. The summed E-state index contributed by atoms with van der Waals surface area (Å²) in [6, 6.07) is 9.83. The van der Waals surface area contributed by atoms with Crippen LogP contribution in [0.2, 0.25) is 0 Å². The molecular weight excluding hydrogens is 449 g/mol. The summed E-state index contributed by atoms with van der Waals surface area (Å²) >= 11 is 1.63. The van der Waals surface area contributed by atoms with Crippen LogP contribution < -0.4 is 0 Å². The molecule has 32 heavy (non-hydrogen) atoms. The summed E-state index contributed by atoms with van der Waals surface area (Å²) in [7, 11) is 0. The number of amides is 1. The summed E-state index contributed by atoms with van der Waals surface area (Å²) in [4.78, 5) is 28.7. The Morgan fingerprint density at radius 3 is 2.72 bits per heavy atom. The van der Waals surface area contributed by atoms with E-state index in [4.69, 9.17) is 19.4 Å². The fourth-order valence-corrected chi connectivity index (χ4v) is 4.31. The Kier molecular flexibility index (Phi) is 7.86. The Balaban J connectivity index is 0.000000360. The molecule has 0 aliphatic carbocycles. The SMILES string of the molecule is O=C(Cc1cccs1)N1CC[C@]2(C[C@H](OCc3ccccn3)CO2)C1.O=C(O)C(F)(F)F. The third-order valence-electron chi connectivity index (χ3n) is 5.19. The van der Waals surface area contributed by atoms with E-state index in [2.05, 4.69) is 4.98 Å². The molecule has 2 fully saturated rings. The molecule has 7 nitrogen and oxygen atoms in total. The van der Waals surface area contributed by atoms with Crippen molar-refractivity contribution in [2.45, 2.75) is 43.8 Å². The van der Waals surface area contributed by atoms with Gasteiger partial charge in [0, 0.05) is 30.6 Å². The number of rotatable bonds is 5. The molecule has 4 heterocycles. The number of halogens is 3. The van der Waals surface area contributed by atoms with Crippen molar-refractivity contribution in [2.75, 3.05) is 19.7 Å². The van der Waals surface area contributed by atoms with Crippen molar-refractivity contribution >= 4 is 23.2 Å². The van der Waals surface area contributed by atoms with Crippen molar-refractivity contribution in [3.63, 3.8) is 0 Å². The highest BCUT2D eigenvalue weighted by molar-refractivity contribution is 7.10. The topological polar surface area (TPSA) is 89.0 Å². The third-order valence-corrected chi connectivity index (χ3v) is 6.06. The fraction of sp³-hybridized carbons (Fsp3) is 0.476. The van der Waals surface area contributed by atoms with Crippen LogP contribution in [0.25, 0.3) is 0 Å². The first-order valence-corrected chi connectivity index (χ1v) is 10.8. The summed E-state index contributed by atoms with van der Waals surface area (Å²) in [6.07, 6.45) is -0.989. The summed E-state index contributed by atoms with van der Waals surface area (Å²) in [6.45, 7) is 2.56. The number of pyridine rings is 1. The van der Waals surface area contributed by atoms with E-state index >= 15 is 0 Å². The number of carbonyl (C=O) groups is 2. The first kappa shape index (κ1) is 24.1. The van der Waals surface area contributed by atoms with Gasteiger partial charge in [0.15, 0.2) is 0 Å². The van der Waals surface area contributed by atoms with Gasteiger partial charge in [0.25, 0.3) is 0 Å². The molecule has 2 saturated heterocycles. The quantitative estimate of drug-likeness (QED) is 0.719. The second kappa shape index (κ2) is 10.4. The molecule has 0 radical (unpaired) electrons. The number of aromatic nitrogens is 1. The van der Waals surface area contributed by atoms with Gasteiger partial charge < -0.3 is 19.5 Å². The van der Waals surface area contributed by atoms with Crippen LogP contribution in [-0.2, 0) is 32.1 Å². The van der Waals surface area contributed by atoms with Gasteiger partial charge in [-0.1, -0.05) is 12.1 Å². The first-order chi connectivity index (χ1) is 15.2. The van der Waals surface area contributed by atoms with Gasteiger partial charge in [0.05, 0.1) is 37.0 Å². The number of hydrogen-bond donors (Lipinski definition) is 1. The zero-order valence-electron chi connectivity index (χ0n) is 17.1. The highest BCUT2D eigenvalue weighted by Crippen LogP contribution is 2.36. The Bertz CT molecular complexity index is 895. The lowest BCUT2D eigenvalue weighted by Gasteiger charge is -2.23. The van der Waals surface area contributed by atoms with Gasteiger partial charge in [-0.25, -0.2) is 4.79 Å². The van der Waals surface area contributed by atoms with E-state index in [0.29, 0.717) is 26.2 Å². The van der Waals surface area contributed by atoms with Crippen LogP contribution in [0.1, 0.15) is 23.4 Å². The summed E-state index contributed by atoms with van der Waals surface area (Å²) in [5.74, 6) is -2.56. The summed E-state index contributed by atoms with van der Waals surface area (Å²) in [5.41, 5.74) is 0.711. The zero-order valence-corrected chi connectivity index (χ0v) is 17.9. The molecule has 2 atom stereocenters. The molecule has 1 spiro atoms. The zero-order chi connectivity index (χ0) is 23.2. The number of hydrogen-bond acceptors (Lipinski definition) is 6. The van der Waals surface area contributed by atoms with Crippen LogP contribution in [-0.4, -0.2) is 64.4 Å². The Morgan fingerprint density at radius 1 is 1.31 bits per heavy atom. The molecule has 11 heteroatoms. The summed E-state index contributed by atoms with van der Waals surface area (Å²) in [5, 5.41) is 9.14. The fourth-order valence-electron chi connectivity index (χ4n) is 3.61. The van der Waals surface area contributed by atoms with Crippen molar-refractivity contribution in [3.05, 3.63) is 52.5 Å². The van der Waals surface area contributed by atoms with E-state index in [0.717, 1.165) is 30.0 Å². The van der Waals surface area contributed by atoms with E-state index in [9.17, 15) is 18.0 Å². The van der Waals surface area contributed by atoms with Gasteiger partial charge >= 0.3 is 12.1 Å². The van der Waals surface area contributed by atoms with Gasteiger partial charge in [-0.2, -0.15) is 13.2 Å². The highest BCUT2D eigenvalue weighted by Gasteiger charge is 2.47. The van der Waals surface area contributed by atoms with E-state index < -0.39 is 12.1 Å². The Morgan fingerprint density at radius 2 is 2.09 bits per heavy atom. The second-order valence-corrected chi connectivity index (χ2v) is 8.61. The molecule has 0 aromatic carbocycles. The lowest BCUT2D eigenvalue weighted by molar-refractivity contribution is -0.192. The van der Waals surface area contributed by atoms with E-state index in [1.807, 2.05) is 40.6 Å². The van der Waals surface area contributed by atoms with Crippen molar-refractivity contribution in [2.24, 2.45) is 0 Å². The van der Waals surface area contributed by atoms with Crippen LogP contribution >= 0.6 is 11.3 Å². The molecule has 2 aliphatic rings. The maximum Gasteiger partial charge on any atom is 0.490 e. The molecule has 0 unspecified atom stereocenters. The number of alkyl halides is 3. The van der Waals surface area contributed by atoms with Crippen molar-refractivity contribution < 1.29 is 37.3 Å². The molecular formula is C21H23F3N2O5S. The van der Waals surface area contributed by atoms with Gasteiger partial charge in [0.1, 0.15) is 0 Å². The van der Waals surface area contributed by atoms with Gasteiger partial charge in [-0.05, 0) is 30.0 Å². The number of likely N-dealkylation sites (tertiary alicyclic amines) is 1. The second-order valence-electron chi connectivity index (χ2n) is 7.58. The van der Waals surface area contributed by atoms with Crippen molar-refractivity contribution in [3.8, 4) is 0 Å². The molecule has 174 valence electrons. The lowest BCUT2D eigenvalue weighted by atomic mass is 9.98. The number of thiophene rings is 1. The minimum absolute atomic E-state index is 0.0781. The summed E-state index contributed by atoms with van der Waals surface area (Å²) < 4.78 is 43.8. The molecule has 0 saturated carbocycles. The molecule has 0 bridgehead atoms. The highest BCUT2D eigenvalue weighted by atomic mass is 32.1. The van der Waals surface area contributed by atoms with E-state index in [-0.39, 0.29) is 17.6 Å². The average Bonchev–Trinajstić information content (AvgIpc) is 3.50. The van der Waals surface area contributed by atoms with Crippen LogP contribution in [0.15, 0.2) is 41.9 Å². The Labute approximate surface area is 186 Å². The number of aliphatic carboxylic acids is 1. The monoisotopic (exact) mass is 472 g/mol. The van der Waals surface area contributed by atoms with Gasteiger partial charge in [-0.3, -0.25) is 9.78 Å². The molecule has 2 aromatic heterocycles. The van der Waals surface area contributed by atoms with Crippen LogP contribution in [0, 0.1) is 0 Å². The maximum absolute atomic E-state index is 12.5. The number of ether oxygens (including phenoxy) is 2. The Hall–Kier alpha value is -2.50. The van der Waals surface area contributed by atoms with Crippen molar-refractivity contribution in [1.29, 1.82) is 0 Å². The number of nitrogens with zero attached hydrogens (tertiary/aromatic N) is 2. The van der Waals surface area contributed by atoms with Crippen LogP contribution in [0.3, 0.4) is 0 Å². The third kappa shape index (κ3) is 6.75. The number of carboxylic acid groups (broad SMARTS) is 1. The normalized spacial score (nSPS) is 22.6. The first-order valence-electron chi connectivity index (χ1n) is 9.93. The standard InChI is InChI=1S/C19H22N2O3S.C2HF3O2/c22-18(10-17-5-3-9-25-17)21-8-6-19(14-21)11-16(13-24-19)23-12-15-4-1-2-7-20-15;3-2(4,5)1(6)7/h1-5,7,9,16H,6,8,10-14H2;(H,6,7)/t16-,19-;/m0./s1. The number of carbonyl (C=O) groups excluding carboxylic acids is 1. The van der Waals surface area contributed by atoms with E-state index in [1.165, 1.54) is 0 Å². The lowest BCUT2D eigenvalue weighted by Crippen LogP contribution is -2.36.